The van der Waals surface area contributed by atoms with Crippen molar-refractivity contribution in [2.75, 3.05) is 24.6 Å². The number of aliphatic hydroxyl groups is 1. The predicted molar refractivity (Wildman–Crippen MR) is 64.9 cm³/mol. The summed E-state index contributed by atoms with van der Waals surface area (Å²) in [6.07, 6.45) is -3.92. The monoisotopic (exact) mass is 325 g/mol. The van der Waals surface area contributed by atoms with Crippen molar-refractivity contribution in [1.29, 1.82) is 0 Å². The van der Waals surface area contributed by atoms with Gasteiger partial charge < -0.3 is 10.0 Å². The Balaban J connectivity index is 3.11. The van der Waals surface area contributed by atoms with Crippen LogP contribution in [0.4, 0.5) is 18.9 Å². The van der Waals surface area contributed by atoms with Crippen molar-refractivity contribution in [3.8, 4) is 0 Å². The topological polar surface area (TPSA) is 40.5 Å². The fourth-order valence-electron chi connectivity index (χ4n) is 1.51. The Labute approximate surface area is 110 Å². The molecule has 1 aromatic carbocycles. The second kappa shape index (κ2) is 6.19. The van der Waals surface area contributed by atoms with Gasteiger partial charge in [-0.1, -0.05) is 15.9 Å². The molecule has 7 heteroatoms. The highest BCUT2D eigenvalue weighted by molar-refractivity contribution is 9.10. The van der Waals surface area contributed by atoms with Crippen LogP contribution in [0.2, 0.25) is 0 Å². The molecule has 0 aliphatic rings. The van der Waals surface area contributed by atoms with Crippen LogP contribution < -0.4 is 4.90 Å². The molecule has 0 aliphatic heterocycles. The van der Waals surface area contributed by atoms with E-state index in [1.165, 1.54) is 12.1 Å². The number of benzene rings is 1. The van der Waals surface area contributed by atoms with E-state index in [0.717, 1.165) is 4.90 Å². The Bertz CT molecular complexity index is 423. The van der Waals surface area contributed by atoms with Crippen LogP contribution in [0.1, 0.15) is 10.4 Å². The average Bonchev–Trinajstić information content (AvgIpc) is 2.26. The lowest BCUT2D eigenvalue weighted by atomic mass is 10.1. The number of carbonyl (C=O) groups is 1. The van der Waals surface area contributed by atoms with Gasteiger partial charge >= 0.3 is 6.18 Å². The molecule has 0 amide bonds. The van der Waals surface area contributed by atoms with E-state index in [9.17, 15) is 18.0 Å². The zero-order valence-electron chi connectivity index (χ0n) is 9.25. The molecule has 1 aromatic rings. The van der Waals surface area contributed by atoms with E-state index in [0.29, 0.717) is 10.8 Å². The van der Waals surface area contributed by atoms with E-state index in [-0.39, 0.29) is 17.8 Å². The van der Waals surface area contributed by atoms with Gasteiger partial charge in [0.05, 0.1) is 6.61 Å². The summed E-state index contributed by atoms with van der Waals surface area (Å²) in [4.78, 5) is 11.8. The van der Waals surface area contributed by atoms with Gasteiger partial charge in [-0.05, 0) is 18.2 Å². The molecule has 0 aromatic heterocycles. The summed E-state index contributed by atoms with van der Waals surface area (Å²) in [5.74, 6) is 0. The highest BCUT2D eigenvalue weighted by Crippen LogP contribution is 2.27. The first-order valence-corrected chi connectivity index (χ1v) is 5.84. The molecule has 1 N–H and O–H groups in total. The van der Waals surface area contributed by atoms with E-state index in [4.69, 9.17) is 5.11 Å². The maximum atomic E-state index is 12.4. The Morgan fingerprint density at radius 1 is 1.39 bits per heavy atom. The Kier molecular flexibility index (Phi) is 5.15. The average molecular weight is 326 g/mol. The zero-order chi connectivity index (χ0) is 13.8. The molecule has 0 fully saturated rings. The number of aliphatic hydroxyl groups excluding tert-OH is 1. The van der Waals surface area contributed by atoms with Crippen molar-refractivity contribution in [2.45, 2.75) is 6.18 Å². The third kappa shape index (κ3) is 4.30. The van der Waals surface area contributed by atoms with Crippen molar-refractivity contribution >= 4 is 27.9 Å². The van der Waals surface area contributed by atoms with Crippen LogP contribution >= 0.6 is 15.9 Å². The minimum Gasteiger partial charge on any atom is -0.395 e. The molecule has 0 atom stereocenters. The fourth-order valence-corrected chi connectivity index (χ4v) is 1.86. The first kappa shape index (κ1) is 15.0. The van der Waals surface area contributed by atoms with E-state index in [1.54, 1.807) is 6.07 Å². The normalized spacial score (nSPS) is 11.4. The van der Waals surface area contributed by atoms with Crippen molar-refractivity contribution in [3.63, 3.8) is 0 Å². The van der Waals surface area contributed by atoms with Gasteiger partial charge in [0.2, 0.25) is 0 Å². The minimum absolute atomic E-state index is 0.144. The second-order valence-electron chi connectivity index (χ2n) is 3.58. The van der Waals surface area contributed by atoms with Gasteiger partial charge in [0.1, 0.15) is 6.54 Å². The van der Waals surface area contributed by atoms with Crippen LogP contribution in [0, 0.1) is 0 Å². The number of rotatable bonds is 5. The number of carbonyl (C=O) groups excluding carboxylic acids is 1. The highest BCUT2D eigenvalue weighted by atomic mass is 79.9. The summed E-state index contributed by atoms with van der Waals surface area (Å²) in [5, 5.41) is 8.82. The van der Waals surface area contributed by atoms with Gasteiger partial charge in [-0.15, -0.1) is 0 Å². The molecule has 0 saturated carbocycles. The molecule has 100 valence electrons. The SMILES string of the molecule is O=Cc1ccc(Br)cc1N(CCO)CC(F)(F)F. The van der Waals surface area contributed by atoms with Crippen LogP contribution in [-0.2, 0) is 0 Å². The smallest absolute Gasteiger partial charge is 0.395 e. The molecule has 18 heavy (non-hydrogen) atoms. The van der Waals surface area contributed by atoms with Crippen LogP contribution in [0.5, 0.6) is 0 Å². The number of hydrogen-bond acceptors (Lipinski definition) is 3. The summed E-state index contributed by atoms with van der Waals surface area (Å²) < 4.78 is 37.8. The lowest BCUT2D eigenvalue weighted by molar-refractivity contribution is -0.119. The van der Waals surface area contributed by atoms with Crippen molar-refractivity contribution in [2.24, 2.45) is 0 Å². The molecule has 0 radical (unpaired) electrons. The van der Waals surface area contributed by atoms with Gasteiger partial charge in [0.15, 0.2) is 6.29 Å². The van der Waals surface area contributed by atoms with Crippen molar-refractivity contribution in [1.82, 2.24) is 0 Å². The third-order valence-corrected chi connectivity index (χ3v) is 2.69. The summed E-state index contributed by atoms with van der Waals surface area (Å²) >= 11 is 3.14. The minimum atomic E-state index is -4.41. The van der Waals surface area contributed by atoms with Gasteiger partial charge in [-0.25, -0.2) is 0 Å². The van der Waals surface area contributed by atoms with Gasteiger partial charge in [0, 0.05) is 22.3 Å². The second-order valence-corrected chi connectivity index (χ2v) is 4.50. The predicted octanol–water partition coefficient (Wildman–Crippen LogP) is 2.62. The number of halogens is 4. The lowest BCUT2D eigenvalue weighted by Gasteiger charge is -2.26. The molecule has 0 spiro atoms. The van der Waals surface area contributed by atoms with Gasteiger partial charge in [-0.3, -0.25) is 4.79 Å². The summed E-state index contributed by atoms with van der Waals surface area (Å²) in [6, 6.07) is 4.41. The molecule has 0 saturated heterocycles. The van der Waals surface area contributed by atoms with Crippen molar-refractivity contribution < 1.29 is 23.1 Å². The van der Waals surface area contributed by atoms with E-state index >= 15 is 0 Å². The third-order valence-electron chi connectivity index (χ3n) is 2.20. The molecular formula is C11H11BrF3NO2. The molecule has 0 bridgehead atoms. The number of hydrogen-bond donors (Lipinski definition) is 1. The largest absolute Gasteiger partial charge is 0.405 e. The fraction of sp³-hybridized carbons (Fsp3) is 0.364. The van der Waals surface area contributed by atoms with Gasteiger partial charge in [0.25, 0.3) is 0 Å². The number of anilines is 1. The first-order chi connectivity index (χ1) is 8.37. The first-order valence-electron chi connectivity index (χ1n) is 5.04. The Morgan fingerprint density at radius 2 is 2.06 bits per heavy atom. The molecule has 0 heterocycles. The summed E-state index contributed by atoms with van der Waals surface area (Å²) in [5.41, 5.74) is 0.293. The van der Waals surface area contributed by atoms with Crippen LogP contribution in [0.25, 0.3) is 0 Å². The molecule has 0 unspecified atom stereocenters. The molecule has 1 rings (SSSR count). The number of aldehydes is 1. The van der Waals surface area contributed by atoms with Crippen molar-refractivity contribution in [3.05, 3.63) is 28.2 Å². The molecule has 0 aliphatic carbocycles. The lowest BCUT2D eigenvalue weighted by Crippen LogP contribution is -2.36. The molecule has 3 nitrogen and oxygen atoms in total. The number of nitrogens with zero attached hydrogens (tertiary/aromatic N) is 1. The quantitative estimate of drug-likeness (QED) is 0.846. The summed E-state index contributed by atoms with van der Waals surface area (Å²) in [7, 11) is 0. The summed E-state index contributed by atoms with van der Waals surface area (Å²) in [6.45, 7) is -1.84. The van der Waals surface area contributed by atoms with Crippen LogP contribution in [-0.4, -0.2) is 37.3 Å². The number of alkyl halides is 3. The van der Waals surface area contributed by atoms with Crippen LogP contribution in [0.3, 0.4) is 0 Å². The Morgan fingerprint density at radius 3 is 2.56 bits per heavy atom. The maximum Gasteiger partial charge on any atom is 0.405 e. The standard InChI is InChI=1S/C11H11BrF3NO2/c12-9-2-1-8(6-18)10(5-9)16(3-4-17)7-11(13,14)15/h1-2,5-6,17H,3-4,7H2. The van der Waals surface area contributed by atoms with E-state index < -0.39 is 19.3 Å². The Hall–Kier alpha value is -1.08. The van der Waals surface area contributed by atoms with E-state index in [2.05, 4.69) is 15.9 Å². The van der Waals surface area contributed by atoms with E-state index in [1.807, 2.05) is 0 Å². The maximum absolute atomic E-state index is 12.4. The zero-order valence-corrected chi connectivity index (χ0v) is 10.8. The highest BCUT2D eigenvalue weighted by Gasteiger charge is 2.31. The van der Waals surface area contributed by atoms with Gasteiger partial charge in [-0.2, -0.15) is 13.2 Å². The van der Waals surface area contributed by atoms with Crippen LogP contribution in [0.15, 0.2) is 22.7 Å². The molecular weight excluding hydrogens is 315 g/mol.